The molecule has 108 valence electrons. The van der Waals surface area contributed by atoms with E-state index >= 15 is 0 Å². The van der Waals surface area contributed by atoms with Gasteiger partial charge in [0.15, 0.2) is 0 Å². The Morgan fingerprint density at radius 1 is 1.58 bits per heavy atom. The summed E-state index contributed by atoms with van der Waals surface area (Å²) >= 11 is 0. The minimum atomic E-state index is 0.448. The van der Waals surface area contributed by atoms with E-state index in [4.69, 9.17) is 10.5 Å². The zero-order chi connectivity index (χ0) is 13.7. The predicted molar refractivity (Wildman–Crippen MR) is 75.1 cm³/mol. The van der Waals surface area contributed by atoms with Gasteiger partial charge in [-0.05, 0) is 31.2 Å². The van der Waals surface area contributed by atoms with Crippen LogP contribution >= 0.6 is 0 Å². The van der Waals surface area contributed by atoms with Crippen molar-refractivity contribution in [2.75, 3.05) is 38.3 Å². The summed E-state index contributed by atoms with van der Waals surface area (Å²) in [4.78, 5) is 6.83. The molecule has 6 nitrogen and oxygen atoms in total. The zero-order valence-corrected chi connectivity index (χ0v) is 11.9. The molecule has 0 saturated carbocycles. The summed E-state index contributed by atoms with van der Waals surface area (Å²) in [5, 5.41) is 7.37. The summed E-state index contributed by atoms with van der Waals surface area (Å²) in [5.74, 6) is 2.78. The molecule has 1 saturated heterocycles. The summed E-state index contributed by atoms with van der Waals surface area (Å²) in [6.07, 6.45) is 3.26. The molecule has 0 bridgehead atoms. The van der Waals surface area contributed by atoms with Gasteiger partial charge in [-0.3, -0.25) is 5.10 Å². The molecule has 0 spiro atoms. The lowest BCUT2D eigenvalue weighted by molar-refractivity contribution is 0.159. The molecule has 0 amide bonds. The second-order valence-electron chi connectivity index (χ2n) is 5.54. The Morgan fingerprint density at radius 2 is 2.42 bits per heavy atom. The van der Waals surface area contributed by atoms with Gasteiger partial charge in [0.25, 0.3) is 0 Å². The van der Waals surface area contributed by atoms with E-state index < -0.39 is 0 Å². The Balaban J connectivity index is 1.92. The predicted octanol–water partition coefficient (Wildman–Crippen LogP) is 0.805. The average molecular weight is 267 g/mol. The zero-order valence-electron chi connectivity index (χ0n) is 11.9. The maximum Gasteiger partial charge on any atom is 0.244 e. The number of ether oxygens (including phenoxy) is 1. The van der Waals surface area contributed by atoms with Crippen LogP contribution in [0.15, 0.2) is 0 Å². The van der Waals surface area contributed by atoms with Crippen molar-refractivity contribution >= 4 is 5.95 Å². The number of hydrogen-bond acceptors (Lipinski definition) is 5. The van der Waals surface area contributed by atoms with Crippen LogP contribution in [0.5, 0.6) is 0 Å². The number of anilines is 1. The van der Waals surface area contributed by atoms with Crippen molar-refractivity contribution in [2.24, 2.45) is 17.6 Å². The highest BCUT2D eigenvalue weighted by molar-refractivity contribution is 5.29. The van der Waals surface area contributed by atoms with Crippen LogP contribution in [0.2, 0.25) is 0 Å². The molecule has 6 heteroatoms. The minimum Gasteiger partial charge on any atom is -0.384 e. The fourth-order valence-electron chi connectivity index (χ4n) is 2.63. The number of aromatic amines is 1. The van der Waals surface area contributed by atoms with Crippen molar-refractivity contribution in [1.29, 1.82) is 0 Å². The van der Waals surface area contributed by atoms with E-state index in [-0.39, 0.29) is 0 Å². The Hall–Kier alpha value is -1.14. The standard InChI is InChI=1S/C13H25N5O/c1-10(9-19-2)6-12-15-13(17-16-12)18-5-3-4-11(7-14)8-18/h10-11H,3-9,14H2,1-2H3,(H,15,16,17). The van der Waals surface area contributed by atoms with E-state index in [1.54, 1.807) is 7.11 Å². The monoisotopic (exact) mass is 267 g/mol. The van der Waals surface area contributed by atoms with Gasteiger partial charge in [0, 0.05) is 33.2 Å². The first-order valence-corrected chi connectivity index (χ1v) is 7.08. The molecule has 0 radical (unpaired) electrons. The van der Waals surface area contributed by atoms with E-state index in [0.717, 1.165) is 44.4 Å². The van der Waals surface area contributed by atoms with Gasteiger partial charge in [-0.25, -0.2) is 0 Å². The van der Waals surface area contributed by atoms with Crippen LogP contribution in [-0.4, -0.2) is 48.5 Å². The van der Waals surface area contributed by atoms with Gasteiger partial charge in [0.1, 0.15) is 5.82 Å². The minimum absolute atomic E-state index is 0.448. The molecule has 19 heavy (non-hydrogen) atoms. The highest BCUT2D eigenvalue weighted by Gasteiger charge is 2.21. The van der Waals surface area contributed by atoms with Crippen LogP contribution in [-0.2, 0) is 11.2 Å². The van der Waals surface area contributed by atoms with Crippen LogP contribution in [0.1, 0.15) is 25.6 Å². The smallest absolute Gasteiger partial charge is 0.244 e. The Kier molecular flexibility index (Phi) is 5.15. The van der Waals surface area contributed by atoms with Gasteiger partial charge in [0.05, 0.1) is 0 Å². The number of methoxy groups -OCH3 is 1. The summed E-state index contributed by atoms with van der Waals surface area (Å²) in [6.45, 7) is 5.65. The molecule has 1 fully saturated rings. The lowest BCUT2D eigenvalue weighted by atomic mass is 9.99. The normalized spacial score (nSPS) is 21.6. The topological polar surface area (TPSA) is 80.1 Å². The second-order valence-corrected chi connectivity index (χ2v) is 5.54. The number of nitrogens with one attached hydrogen (secondary N) is 1. The van der Waals surface area contributed by atoms with Gasteiger partial charge in [-0.1, -0.05) is 6.92 Å². The van der Waals surface area contributed by atoms with Crippen molar-refractivity contribution in [3.05, 3.63) is 5.82 Å². The summed E-state index contributed by atoms with van der Waals surface area (Å²) < 4.78 is 5.14. The van der Waals surface area contributed by atoms with Gasteiger partial charge >= 0.3 is 0 Å². The molecule has 1 aromatic heterocycles. The van der Waals surface area contributed by atoms with Gasteiger partial charge < -0.3 is 15.4 Å². The SMILES string of the molecule is COCC(C)Cc1nc(N2CCCC(CN)C2)n[nH]1. The third-order valence-electron chi connectivity index (χ3n) is 3.65. The van der Waals surface area contributed by atoms with Crippen LogP contribution in [0.4, 0.5) is 5.95 Å². The average Bonchev–Trinajstić information content (AvgIpc) is 2.87. The molecule has 2 atom stereocenters. The number of rotatable bonds is 6. The molecule has 0 aliphatic carbocycles. The van der Waals surface area contributed by atoms with E-state index in [0.29, 0.717) is 11.8 Å². The highest BCUT2D eigenvalue weighted by atomic mass is 16.5. The Morgan fingerprint density at radius 3 is 3.16 bits per heavy atom. The number of piperidine rings is 1. The summed E-state index contributed by atoms with van der Waals surface area (Å²) in [5.41, 5.74) is 5.76. The number of nitrogens with zero attached hydrogens (tertiary/aromatic N) is 3. The van der Waals surface area contributed by atoms with Gasteiger partial charge in [0.2, 0.25) is 5.95 Å². The lowest BCUT2D eigenvalue weighted by Crippen LogP contribution is -2.39. The molecule has 1 aliphatic rings. The summed E-state index contributed by atoms with van der Waals surface area (Å²) in [7, 11) is 1.73. The Bertz CT molecular complexity index is 381. The van der Waals surface area contributed by atoms with Crippen molar-refractivity contribution < 1.29 is 4.74 Å². The number of hydrogen-bond donors (Lipinski definition) is 2. The van der Waals surface area contributed by atoms with E-state index in [2.05, 4.69) is 27.0 Å². The highest BCUT2D eigenvalue weighted by Crippen LogP contribution is 2.19. The van der Waals surface area contributed by atoms with Gasteiger partial charge in [-0.15, -0.1) is 5.10 Å². The van der Waals surface area contributed by atoms with E-state index in [9.17, 15) is 0 Å². The van der Waals surface area contributed by atoms with Crippen LogP contribution in [0, 0.1) is 11.8 Å². The largest absolute Gasteiger partial charge is 0.384 e. The fourth-order valence-corrected chi connectivity index (χ4v) is 2.63. The molecule has 0 aromatic carbocycles. The molecular formula is C13H25N5O. The first kappa shape index (κ1) is 14.3. The molecule has 2 rings (SSSR count). The molecule has 1 aromatic rings. The molecule has 2 unspecified atom stereocenters. The third-order valence-corrected chi connectivity index (χ3v) is 3.65. The molecule has 3 N–H and O–H groups in total. The van der Waals surface area contributed by atoms with Crippen molar-refractivity contribution in [1.82, 2.24) is 15.2 Å². The maximum absolute atomic E-state index is 5.76. The molecular weight excluding hydrogens is 242 g/mol. The van der Waals surface area contributed by atoms with Crippen LogP contribution < -0.4 is 10.6 Å². The lowest BCUT2D eigenvalue weighted by Gasteiger charge is -2.31. The summed E-state index contributed by atoms with van der Waals surface area (Å²) in [6, 6.07) is 0. The fraction of sp³-hybridized carbons (Fsp3) is 0.846. The Labute approximate surface area is 114 Å². The van der Waals surface area contributed by atoms with Crippen LogP contribution in [0.25, 0.3) is 0 Å². The number of H-pyrrole nitrogens is 1. The number of aromatic nitrogens is 3. The molecule has 1 aliphatic heterocycles. The van der Waals surface area contributed by atoms with Gasteiger partial charge in [-0.2, -0.15) is 4.98 Å². The first-order valence-electron chi connectivity index (χ1n) is 7.08. The molecule has 2 heterocycles. The van der Waals surface area contributed by atoms with E-state index in [1.165, 1.54) is 12.8 Å². The van der Waals surface area contributed by atoms with E-state index in [1.807, 2.05) is 0 Å². The van der Waals surface area contributed by atoms with Crippen LogP contribution in [0.3, 0.4) is 0 Å². The maximum atomic E-state index is 5.76. The quantitative estimate of drug-likeness (QED) is 0.797. The third kappa shape index (κ3) is 3.91. The second kappa shape index (κ2) is 6.86. The first-order chi connectivity index (χ1) is 9.22. The number of nitrogens with two attached hydrogens (primary N) is 1. The van der Waals surface area contributed by atoms with Crippen molar-refractivity contribution in [3.63, 3.8) is 0 Å². The van der Waals surface area contributed by atoms with Crippen molar-refractivity contribution in [2.45, 2.75) is 26.2 Å². The van der Waals surface area contributed by atoms with Crippen molar-refractivity contribution in [3.8, 4) is 0 Å².